The van der Waals surface area contributed by atoms with Gasteiger partial charge >= 0.3 is 6.18 Å². The van der Waals surface area contributed by atoms with Crippen molar-refractivity contribution in [3.8, 4) is 0 Å². The van der Waals surface area contributed by atoms with E-state index in [4.69, 9.17) is 5.11 Å². The first kappa shape index (κ1) is 13.2. The molecule has 1 aromatic rings. The first-order valence-corrected chi connectivity index (χ1v) is 4.43. The van der Waals surface area contributed by atoms with Gasteiger partial charge < -0.3 is 9.94 Å². The van der Waals surface area contributed by atoms with E-state index in [1.54, 1.807) is 0 Å². The van der Waals surface area contributed by atoms with E-state index in [-0.39, 0.29) is 5.56 Å². The molecule has 1 N–H and O–H groups in total. The van der Waals surface area contributed by atoms with Gasteiger partial charge in [-0.3, -0.25) is 0 Å². The van der Waals surface area contributed by atoms with Gasteiger partial charge in [-0.2, -0.15) is 13.2 Å². The topological polar surface area (TPSA) is 72.6 Å². The van der Waals surface area contributed by atoms with Gasteiger partial charge in [0.2, 0.25) is 0 Å². The van der Waals surface area contributed by atoms with Crippen LogP contribution in [0.15, 0.2) is 24.3 Å². The van der Waals surface area contributed by atoms with E-state index in [0.717, 1.165) is 24.3 Å². The Balaban J connectivity index is 2.89. The maximum atomic E-state index is 12.2. The zero-order valence-electron chi connectivity index (χ0n) is 8.35. The van der Waals surface area contributed by atoms with Gasteiger partial charge in [-0.25, -0.2) is 0 Å². The van der Waals surface area contributed by atoms with Gasteiger partial charge in [0, 0.05) is 0 Å². The van der Waals surface area contributed by atoms with E-state index in [1.807, 2.05) is 0 Å². The number of aliphatic hydroxyl groups is 1. The summed E-state index contributed by atoms with van der Waals surface area (Å²) in [6.45, 7) is -0.702. The number of hydrogen-bond acceptors (Lipinski definition) is 4. The fraction of sp³-hybridized carbons (Fsp3) is 0.333. The molecule has 0 bridgehead atoms. The predicted octanol–water partition coefficient (Wildman–Crippen LogP) is 1.95. The number of halogens is 3. The lowest BCUT2D eigenvalue weighted by Gasteiger charge is -2.13. The predicted molar refractivity (Wildman–Crippen MR) is 49.4 cm³/mol. The van der Waals surface area contributed by atoms with Crippen LogP contribution in [0.25, 0.3) is 0 Å². The van der Waals surface area contributed by atoms with Gasteiger partial charge in [-0.1, -0.05) is 12.1 Å². The summed E-state index contributed by atoms with van der Waals surface area (Å²) in [5.41, 5.74) is -0.781. The van der Waals surface area contributed by atoms with Crippen LogP contribution in [0, 0.1) is 10.1 Å². The number of alkyl halides is 3. The quantitative estimate of drug-likeness (QED) is 0.505. The van der Waals surface area contributed by atoms with E-state index in [1.165, 1.54) is 0 Å². The Morgan fingerprint density at radius 1 is 1.35 bits per heavy atom. The molecule has 1 atom stereocenters. The van der Waals surface area contributed by atoms with Crippen LogP contribution in [0.1, 0.15) is 17.2 Å². The minimum atomic E-state index is -4.47. The smallest absolute Gasteiger partial charge is 0.394 e. The van der Waals surface area contributed by atoms with Crippen molar-refractivity contribution in [2.45, 2.75) is 12.3 Å². The second kappa shape index (κ2) is 5.00. The van der Waals surface area contributed by atoms with Crippen LogP contribution in [-0.2, 0) is 11.0 Å². The minimum absolute atomic E-state index is 0.0946. The number of rotatable bonds is 4. The Morgan fingerprint density at radius 3 is 2.24 bits per heavy atom. The zero-order valence-corrected chi connectivity index (χ0v) is 8.35. The highest BCUT2D eigenvalue weighted by Crippen LogP contribution is 2.30. The Morgan fingerprint density at radius 2 is 1.88 bits per heavy atom. The number of aliphatic hydroxyl groups excluding tert-OH is 1. The molecule has 1 rings (SSSR count). The molecule has 0 aliphatic carbocycles. The van der Waals surface area contributed by atoms with Crippen molar-refractivity contribution in [1.82, 2.24) is 0 Å². The third kappa shape index (κ3) is 3.59. The molecule has 94 valence electrons. The molecule has 0 fully saturated rings. The van der Waals surface area contributed by atoms with E-state index < -0.39 is 29.5 Å². The molecular formula is C9H8F3NO4. The van der Waals surface area contributed by atoms with Gasteiger partial charge in [0.15, 0.2) is 6.10 Å². The average molecular weight is 252 g/mol. The lowest BCUT2D eigenvalue weighted by atomic mass is 10.1. The van der Waals surface area contributed by atoms with Crippen LogP contribution < -0.4 is 0 Å². The van der Waals surface area contributed by atoms with Crippen molar-refractivity contribution in [3.05, 3.63) is 45.5 Å². The van der Waals surface area contributed by atoms with Gasteiger partial charge in [-0.15, -0.1) is 10.1 Å². The zero-order chi connectivity index (χ0) is 13.1. The molecule has 0 saturated carbocycles. The molecule has 8 heteroatoms. The molecule has 0 saturated heterocycles. The Kier molecular flexibility index (Phi) is 3.89. The highest BCUT2D eigenvalue weighted by molar-refractivity contribution is 5.26. The Bertz CT molecular complexity index is 390. The molecule has 1 aromatic carbocycles. The molecule has 5 nitrogen and oxygen atoms in total. The van der Waals surface area contributed by atoms with Crippen molar-refractivity contribution < 1.29 is 28.2 Å². The van der Waals surface area contributed by atoms with Crippen LogP contribution in [0.3, 0.4) is 0 Å². The van der Waals surface area contributed by atoms with Gasteiger partial charge in [-0.05, 0) is 17.7 Å². The Labute approximate surface area is 93.5 Å². The van der Waals surface area contributed by atoms with Crippen molar-refractivity contribution in [2.75, 3.05) is 6.61 Å². The van der Waals surface area contributed by atoms with E-state index >= 15 is 0 Å². The van der Waals surface area contributed by atoms with Crippen molar-refractivity contribution in [1.29, 1.82) is 0 Å². The van der Waals surface area contributed by atoms with E-state index in [0.29, 0.717) is 0 Å². The number of nitrogens with zero attached hydrogens (tertiary/aromatic N) is 1. The highest BCUT2D eigenvalue weighted by atomic mass is 19.4. The second-order valence-corrected chi connectivity index (χ2v) is 3.12. The number of benzene rings is 1. The standard InChI is InChI=1S/C9H8F3NO4/c10-9(11,12)7-3-1-6(2-4-7)8(5-14)17-13(15)16/h1-4,8,14H,5H2/i13+1. The molecule has 0 aliphatic rings. The van der Waals surface area contributed by atoms with Crippen molar-refractivity contribution >= 4 is 0 Å². The summed E-state index contributed by atoms with van der Waals surface area (Å²) in [5, 5.41) is 17.8. The summed E-state index contributed by atoms with van der Waals surface area (Å²) in [6, 6.07) is 3.57. The minimum Gasteiger partial charge on any atom is -0.394 e. The van der Waals surface area contributed by atoms with Crippen LogP contribution in [0.5, 0.6) is 0 Å². The third-order valence-electron chi connectivity index (χ3n) is 1.99. The summed E-state index contributed by atoms with van der Waals surface area (Å²) in [6.07, 6.45) is -5.76. The normalized spacial score (nSPS) is 13.2. The molecule has 0 spiro atoms. The summed E-state index contributed by atoms with van der Waals surface area (Å²) in [4.78, 5) is 14.2. The largest absolute Gasteiger partial charge is 0.416 e. The molecule has 0 radical (unpaired) electrons. The fourth-order valence-corrected chi connectivity index (χ4v) is 1.19. The van der Waals surface area contributed by atoms with Crippen molar-refractivity contribution in [3.63, 3.8) is 0 Å². The highest BCUT2D eigenvalue weighted by Gasteiger charge is 2.30. The molecular weight excluding hydrogens is 244 g/mol. The fourth-order valence-electron chi connectivity index (χ4n) is 1.19. The maximum Gasteiger partial charge on any atom is 0.416 e. The average Bonchev–Trinajstić information content (AvgIpc) is 2.24. The Hall–Kier alpha value is -1.83. The van der Waals surface area contributed by atoms with Gasteiger partial charge in [0.05, 0.1) is 12.2 Å². The first-order valence-electron chi connectivity index (χ1n) is 4.43. The molecule has 0 aromatic heterocycles. The summed E-state index contributed by atoms with van der Waals surface area (Å²) in [5.74, 6) is 0. The summed E-state index contributed by atoms with van der Waals surface area (Å²) >= 11 is 0. The molecule has 0 heterocycles. The maximum absolute atomic E-state index is 12.2. The number of hydrogen-bond donors (Lipinski definition) is 1. The van der Waals surface area contributed by atoms with Gasteiger partial charge in [0.1, 0.15) is 0 Å². The first-order chi connectivity index (χ1) is 7.84. The second-order valence-electron chi connectivity index (χ2n) is 3.12. The summed E-state index contributed by atoms with van der Waals surface area (Å²) < 4.78 is 36.7. The summed E-state index contributed by atoms with van der Waals surface area (Å²) in [7, 11) is 0. The monoisotopic (exact) mass is 252 g/mol. The third-order valence-corrected chi connectivity index (χ3v) is 1.99. The van der Waals surface area contributed by atoms with Crippen LogP contribution >= 0.6 is 0 Å². The van der Waals surface area contributed by atoms with Crippen LogP contribution in [-0.4, -0.2) is 16.8 Å². The molecule has 17 heavy (non-hydrogen) atoms. The SMILES string of the molecule is O=[15N+]([O-])OC(CO)c1ccc(C(F)(F)F)cc1. The van der Waals surface area contributed by atoms with Crippen LogP contribution in [0.4, 0.5) is 13.2 Å². The van der Waals surface area contributed by atoms with E-state index in [2.05, 4.69) is 4.84 Å². The molecule has 0 amide bonds. The van der Waals surface area contributed by atoms with Gasteiger partial charge in [0.25, 0.3) is 5.09 Å². The lowest BCUT2D eigenvalue weighted by molar-refractivity contribution is -0.771. The molecule has 1 unspecified atom stereocenters. The molecule has 0 aliphatic heterocycles. The lowest BCUT2D eigenvalue weighted by Crippen LogP contribution is -2.13. The van der Waals surface area contributed by atoms with E-state index in [9.17, 15) is 23.3 Å². The van der Waals surface area contributed by atoms with Crippen LogP contribution in [0.2, 0.25) is 0 Å². The van der Waals surface area contributed by atoms with Crippen molar-refractivity contribution in [2.24, 2.45) is 0 Å².